The molecule has 63 heavy (non-hydrogen) atoms. The van der Waals surface area contributed by atoms with Gasteiger partial charge in [0.15, 0.2) is 5.78 Å². The first-order chi connectivity index (χ1) is 30.4. The van der Waals surface area contributed by atoms with Crippen molar-refractivity contribution in [3.05, 3.63) is 196 Å². The Balaban J connectivity index is 1.32. The second-order valence-electron chi connectivity index (χ2n) is 16.3. The quantitative estimate of drug-likeness (QED) is 0.0658. The molecule has 0 fully saturated rings. The fraction of sp³-hybridized carbons (Fsp3) is 0.155. The molecule has 0 aliphatic rings. The van der Waals surface area contributed by atoms with E-state index in [9.17, 15) is 15.0 Å². The Bertz CT molecular complexity index is 3250. The van der Waals surface area contributed by atoms with Crippen molar-refractivity contribution in [2.75, 3.05) is 0 Å². The van der Waals surface area contributed by atoms with Gasteiger partial charge in [-0.3, -0.25) is 4.79 Å². The SMILES string of the molecule is CCC/C(=C(\C(C)=O)C(=C(C)C)[C@@](C)(O)Oc1ccc2cc(C#Cc3ccccc3)ccc2c1-c1c(O)ccc2cc(C#Cc3ccccc3)ccc12)c1cn(C)c2ccccc12. The predicted octanol–water partition coefficient (Wildman–Crippen LogP) is 12.9. The van der Waals surface area contributed by atoms with Gasteiger partial charge in [-0.2, -0.15) is 0 Å². The molecule has 1 atom stereocenters. The summed E-state index contributed by atoms with van der Waals surface area (Å²) in [7, 11) is 2.01. The average molecular weight is 824 g/mol. The highest BCUT2D eigenvalue weighted by Crippen LogP contribution is 2.48. The third kappa shape index (κ3) is 8.66. The number of hydrogen-bond acceptors (Lipinski definition) is 4. The van der Waals surface area contributed by atoms with E-state index in [4.69, 9.17) is 4.74 Å². The molecule has 0 radical (unpaired) electrons. The first kappa shape index (κ1) is 42.1. The number of aryl methyl sites for hydroxylation is 1. The number of aliphatic hydroxyl groups is 1. The van der Waals surface area contributed by atoms with E-state index < -0.39 is 5.79 Å². The second kappa shape index (κ2) is 17.8. The molecule has 0 amide bonds. The molecule has 0 aliphatic heterocycles. The van der Waals surface area contributed by atoms with Crippen LogP contribution in [0.3, 0.4) is 0 Å². The van der Waals surface area contributed by atoms with Crippen LogP contribution in [0.2, 0.25) is 0 Å². The van der Waals surface area contributed by atoms with Crippen molar-refractivity contribution in [3.63, 3.8) is 0 Å². The number of fused-ring (bicyclic) bond motifs is 3. The van der Waals surface area contributed by atoms with E-state index in [0.29, 0.717) is 34.4 Å². The third-order valence-corrected chi connectivity index (χ3v) is 11.4. The topological polar surface area (TPSA) is 71.7 Å². The van der Waals surface area contributed by atoms with Gasteiger partial charge < -0.3 is 19.5 Å². The number of aromatic hydroxyl groups is 1. The number of nitrogens with zero attached hydrogens (tertiary/aromatic N) is 1. The van der Waals surface area contributed by atoms with Gasteiger partial charge in [0.2, 0.25) is 5.79 Å². The van der Waals surface area contributed by atoms with Crippen molar-refractivity contribution in [1.82, 2.24) is 4.57 Å². The van der Waals surface area contributed by atoms with E-state index in [-0.39, 0.29) is 11.5 Å². The maximum atomic E-state index is 14.1. The lowest BCUT2D eigenvalue weighted by Crippen LogP contribution is -2.37. The number of Topliss-reactive ketones (excluding diaryl/α,β-unsaturated/α-hetero) is 1. The van der Waals surface area contributed by atoms with Crippen LogP contribution in [0.15, 0.2) is 169 Å². The molecule has 0 aliphatic carbocycles. The van der Waals surface area contributed by atoms with Crippen LogP contribution in [0.5, 0.6) is 11.5 Å². The Kier molecular flexibility index (Phi) is 11.9. The minimum atomic E-state index is -2.01. The van der Waals surface area contributed by atoms with Gasteiger partial charge in [-0.1, -0.05) is 121 Å². The summed E-state index contributed by atoms with van der Waals surface area (Å²) in [4.78, 5) is 14.1. The van der Waals surface area contributed by atoms with Gasteiger partial charge in [0, 0.05) is 81.2 Å². The molecule has 5 heteroatoms. The summed E-state index contributed by atoms with van der Waals surface area (Å²) in [6.45, 7) is 9.05. The molecule has 1 aromatic heterocycles. The number of rotatable bonds is 9. The van der Waals surface area contributed by atoms with Crippen molar-refractivity contribution in [3.8, 4) is 46.3 Å². The van der Waals surface area contributed by atoms with Gasteiger partial charge in [0.25, 0.3) is 0 Å². The van der Waals surface area contributed by atoms with Gasteiger partial charge in [-0.25, -0.2) is 0 Å². The number of ketones is 1. The van der Waals surface area contributed by atoms with Crippen LogP contribution in [-0.2, 0) is 11.8 Å². The van der Waals surface area contributed by atoms with E-state index in [1.165, 1.54) is 0 Å². The molecule has 310 valence electrons. The van der Waals surface area contributed by atoms with Gasteiger partial charge in [-0.15, -0.1) is 0 Å². The van der Waals surface area contributed by atoms with Crippen molar-refractivity contribution in [2.45, 2.75) is 53.2 Å². The molecule has 0 saturated heterocycles. The van der Waals surface area contributed by atoms with Crippen molar-refractivity contribution < 1.29 is 19.7 Å². The maximum Gasteiger partial charge on any atom is 0.232 e. The molecule has 8 aromatic rings. The Morgan fingerprint density at radius 3 is 1.76 bits per heavy atom. The van der Waals surface area contributed by atoms with Gasteiger partial charge in [0.1, 0.15) is 11.5 Å². The molecule has 0 unspecified atom stereocenters. The molecule has 0 bridgehead atoms. The summed E-state index contributed by atoms with van der Waals surface area (Å²) in [6.07, 6.45) is 3.45. The number of allylic oxidation sites excluding steroid dienone is 2. The summed E-state index contributed by atoms with van der Waals surface area (Å²) >= 11 is 0. The van der Waals surface area contributed by atoms with Crippen LogP contribution in [0.4, 0.5) is 0 Å². The van der Waals surface area contributed by atoms with E-state index in [1.807, 2.05) is 148 Å². The molecule has 8 rings (SSSR count). The molecule has 0 saturated carbocycles. The standard InChI is InChI=1S/C58H49NO4/c1-7-16-49(50-37-59(6)51-22-15-14-21-48(50)51)54(39(4)60)57(38(2)3)58(5,62)63-53-34-30-45-36-43(26-24-41-19-12-9-13-20-41)28-32-47(45)56(53)55-46-31-27-42(35-44(46)29-33-52(55)61)25-23-40-17-10-8-11-18-40/h8-15,17-22,27-37,61-62H,7,16H2,1-6H3/b54-49-/t58-/m0/s1. The highest BCUT2D eigenvalue weighted by Gasteiger charge is 2.37. The number of benzene rings is 7. The fourth-order valence-electron chi connectivity index (χ4n) is 8.70. The lowest BCUT2D eigenvalue weighted by molar-refractivity contribution is -0.115. The van der Waals surface area contributed by atoms with Gasteiger partial charge in [-0.05, 0) is 121 Å². The summed E-state index contributed by atoms with van der Waals surface area (Å²) in [5.41, 5.74) is 9.01. The van der Waals surface area contributed by atoms with E-state index >= 15 is 0 Å². The number of carbonyl (C=O) groups is 1. The lowest BCUT2D eigenvalue weighted by Gasteiger charge is -2.32. The summed E-state index contributed by atoms with van der Waals surface area (Å²) < 4.78 is 8.98. The van der Waals surface area contributed by atoms with Crippen molar-refractivity contribution in [1.29, 1.82) is 0 Å². The number of ether oxygens (including phenoxy) is 1. The number of para-hydroxylation sites is 1. The van der Waals surface area contributed by atoms with Crippen LogP contribution in [0.1, 0.15) is 75.3 Å². The number of aromatic nitrogens is 1. The second-order valence-corrected chi connectivity index (χ2v) is 16.3. The third-order valence-electron chi connectivity index (χ3n) is 11.4. The summed E-state index contributed by atoms with van der Waals surface area (Å²) in [6, 6.07) is 47.1. The number of carbonyl (C=O) groups excluding carboxylic acids is 1. The molecule has 7 aromatic carbocycles. The normalized spacial score (nSPS) is 12.4. The number of phenols is 1. The minimum absolute atomic E-state index is 0.0449. The minimum Gasteiger partial charge on any atom is -0.507 e. The number of hydrogen-bond donors (Lipinski definition) is 2. The Labute approximate surface area is 369 Å². The largest absolute Gasteiger partial charge is 0.507 e. The molecule has 0 spiro atoms. The summed E-state index contributed by atoms with van der Waals surface area (Å²) in [5, 5.41) is 29.1. The Morgan fingerprint density at radius 2 is 1.19 bits per heavy atom. The lowest BCUT2D eigenvalue weighted by atomic mass is 9.84. The highest BCUT2D eigenvalue weighted by atomic mass is 16.6. The first-order valence-electron chi connectivity index (χ1n) is 21.3. The molecule has 2 N–H and O–H groups in total. The zero-order valence-corrected chi connectivity index (χ0v) is 36.5. The van der Waals surface area contributed by atoms with E-state index in [0.717, 1.165) is 77.8 Å². The zero-order chi connectivity index (χ0) is 44.3. The average Bonchev–Trinajstić information content (AvgIpc) is 3.62. The molecule has 5 nitrogen and oxygen atoms in total. The Morgan fingerprint density at radius 1 is 0.651 bits per heavy atom. The van der Waals surface area contributed by atoms with Crippen molar-refractivity contribution in [2.24, 2.45) is 7.05 Å². The van der Waals surface area contributed by atoms with E-state index in [2.05, 4.69) is 53.5 Å². The molecular weight excluding hydrogens is 775 g/mol. The number of phenolic OH excluding ortho intramolecular Hbond substituents is 1. The maximum absolute atomic E-state index is 14.1. The van der Waals surface area contributed by atoms with Crippen molar-refractivity contribution >= 4 is 43.8 Å². The van der Waals surface area contributed by atoms with E-state index in [1.54, 1.807) is 19.9 Å². The van der Waals surface area contributed by atoms with Gasteiger partial charge >= 0.3 is 0 Å². The summed E-state index contributed by atoms with van der Waals surface area (Å²) in [5.74, 6) is 11.3. The van der Waals surface area contributed by atoms with Crippen LogP contribution < -0.4 is 4.74 Å². The molecule has 1 heterocycles. The van der Waals surface area contributed by atoms with Gasteiger partial charge in [0.05, 0.1) is 0 Å². The predicted molar refractivity (Wildman–Crippen MR) is 258 cm³/mol. The molecular formula is C58H49NO4. The first-order valence-corrected chi connectivity index (χ1v) is 21.3. The highest BCUT2D eigenvalue weighted by molar-refractivity contribution is 6.11. The zero-order valence-electron chi connectivity index (χ0n) is 36.5. The van der Waals surface area contributed by atoms with Crippen LogP contribution in [-0.4, -0.2) is 26.4 Å². The Hall–Kier alpha value is -7.57. The fourth-order valence-corrected chi connectivity index (χ4v) is 8.70. The van der Waals surface area contributed by atoms with Crippen LogP contribution in [0.25, 0.3) is 49.1 Å². The van der Waals surface area contributed by atoms with Crippen LogP contribution in [0, 0.1) is 23.7 Å². The monoisotopic (exact) mass is 823 g/mol. The smallest absolute Gasteiger partial charge is 0.232 e. The van der Waals surface area contributed by atoms with Crippen LogP contribution >= 0.6 is 0 Å².